The molecule has 0 aromatic heterocycles. The van der Waals surface area contributed by atoms with E-state index in [1.54, 1.807) is 26.0 Å². The Morgan fingerprint density at radius 3 is 1.55 bits per heavy atom. The van der Waals surface area contributed by atoms with Gasteiger partial charge in [-0.15, -0.1) is 0 Å². The van der Waals surface area contributed by atoms with E-state index < -0.39 is 21.8 Å². The third-order valence-corrected chi connectivity index (χ3v) is 8.12. The minimum absolute atomic E-state index is 0.0874. The van der Waals surface area contributed by atoms with E-state index >= 15 is 0 Å². The number of hydrogen-bond acceptors (Lipinski definition) is 6. The third-order valence-electron chi connectivity index (χ3n) is 7.25. The molecule has 42 heavy (non-hydrogen) atoms. The van der Waals surface area contributed by atoms with Gasteiger partial charge in [-0.2, -0.15) is 8.42 Å². The standard InChI is InChI=1S/C33H51N3O5S/c1-18(2)23-13-25(19(3)4)29(26(14-23)20(5)6)17-30(37)36-42(39,40)41-31-27(21(7)8)15-24(16-28(31)22(9)10)35-32(38)33(11,12)34/h13-16,18-22H,17,34H2,1-12H3,(H,35,38)(H,36,37). The fourth-order valence-corrected chi connectivity index (χ4v) is 5.57. The van der Waals surface area contributed by atoms with Gasteiger partial charge in [-0.05, 0) is 77.8 Å². The molecule has 4 N–H and O–H groups in total. The number of amides is 2. The predicted molar refractivity (Wildman–Crippen MR) is 172 cm³/mol. The lowest BCUT2D eigenvalue weighted by molar-refractivity contribution is -0.120. The average Bonchev–Trinajstić information content (AvgIpc) is 2.82. The van der Waals surface area contributed by atoms with Gasteiger partial charge in [0, 0.05) is 16.8 Å². The molecular weight excluding hydrogens is 550 g/mol. The van der Waals surface area contributed by atoms with Crippen LogP contribution in [0.2, 0.25) is 0 Å². The highest BCUT2D eigenvalue weighted by atomic mass is 32.2. The summed E-state index contributed by atoms with van der Waals surface area (Å²) in [5, 5.41) is 2.82. The SMILES string of the molecule is CC(C)c1cc(C(C)C)c(CC(=O)NS(=O)(=O)Oc2c(C(C)C)cc(NC(=O)C(C)(C)N)cc2C(C)C)c(C(C)C)c1. The van der Waals surface area contributed by atoms with Gasteiger partial charge in [-0.25, -0.2) is 4.72 Å². The van der Waals surface area contributed by atoms with Crippen LogP contribution in [0.3, 0.4) is 0 Å². The minimum atomic E-state index is -4.52. The van der Waals surface area contributed by atoms with Crippen LogP contribution in [0.5, 0.6) is 5.75 Å². The molecule has 0 fully saturated rings. The van der Waals surface area contributed by atoms with Crippen molar-refractivity contribution in [1.29, 1.82) is 0 Å². The summed E-state index contributed by atoms with van der Waals surface area (Å²) >= 11 is 0. The Bertz CT molecular complexity index is 1340. The van der Waals surface area contributed by atoms with Crippen LogP contribution in [-0.4, -0.2) is 25.8 Å². The normalized spacial score (nSPS) is 12.5. The van der Waals surface area contributed by atoms with Crippen LogP contribution in [-0.2, 0) is 26.3 Å². The van der Waals surface area contributed by atoms with Crippen LogP contribution in [0.4, 0.5) is 5.69 Å². The maximum atomic E-state index is 13.3. The predicted octanol–water partition coefficient (Wildman–Crippen LogP) is 6.96. The molecule has 0 bridgehead atoms. The number of nitrogens with one attached hydrogen (secondary N) is 2. The van der Waals surface area contributed by atoms with Crippen molar-refractivity contribution in [3.8, 4) is 5.75 Å². The number of carbonyl (C=O) groups is 2. The molecule has 0 saturated heterocycles. The van der Waals surface area contributed by atoms with Gasteiger partial charge >= 0.3 is 10.3 Å². The van der Waals surface area contributed by atoms with Gasteiger partial charge < -0.3 is 15.2 Å². The Kier molecular flexibility index (Phi) is 11.4. The zero-order chi connectivity index (χ0) is 32.3. The van der Waals surface area contributed by atoms with Gasteiger partial charge in [-0.1, -0.05) is 81.4 Å². The molecule has 0 aliphatic heterocycles. The molecule has 8 nitrogen and oxygen atoms in total. The van der Waals surface area contributed by atoms with Crippen molar-refractivity contribution in [3.63, 3.8) is 0 Å². The Morgan fingerprint density at radius 1 is 0.762 bits per heavy atom. The highest BCUT2D eigenvalue weighted by Gasteiger charge is 2.28. The Hall–Kier alpha value is -2.91. The maximum Gasteiger partial charge on any atom is 0.409 e. The summed E-state index contributed by atoms with van der Waals surface area (Å²) in [5.41, 5.74) is 10.6. The molecule has 9 heteroatoms. The van der Waals surface area contributed by atoms with Crippen molar-refractivity contribution in [2.75, 3.05) is 5.32 Å². The highest BCUT2D eigenvalue weighted by Crippen LogP contribution is 2.38. The second-order valence-corrected chi connectivity index (χ2v) is 14.6. The molecule has 0 heterocycles. The lowest BCUT2D eigenvalue weighted by Gasteiger charge is -2.24. The first-order valence-electron chi connectivity index (χ1n) is 14.8. The van der Waals surface area contributed by atoms with Crippen LogP contribution in [0.15, 0.2) is 24.3 Å². The zero-order valence-electron chi connectivity index (χ0n) is 27.4. The van der Waals surface area contributed by atoms with Gasteiger partial charge in [-0.3, -0.25) is 9.59 Å². The number of hydrogen-bond donors (Lipinski definition) is 3. The van der Waals surface area contributed by atoms with Gasteiger partial charge in [0.25, 0.3) is 0 Å². The molecule has 0 aliphatic carbocycles. The molecule has 0 radical (unpaired) electrons. The fraction of sp³-hybridized carbons (Fsp3) is 0.576. The van der Waals surface area contributed by atoms with Crippen LogP contribution in [0, 0.1) is 0 Å². The highest BCUT2D eigenvalue weighted by molar-refractivity contribution is 7.85. The van der Waals surface area contributed by atoms with Crippen molar-refractivity contribution in [2.45, 2.75) is 125 Å². The lowest BCUT2D eigenvalue weighted by Crippen LogP contribution is -2.45. The largest absolute Gasteiger partial charge is 0.409 e. The number of rotatable bonds is 12. The molecule has 0 saturated carbocycles. The van der Waals surface area contributed by atoms with Gasteiger partial charge in [0.2, 0.25) is 11.8 Å². The minimum Gasteiger partial charge on any atom is -0.366 e. The number of nitrogens with two attached hydrogens (primary N) is 1. The quantitative estimate of drug-likeness (QED) is 0.241. The molecule has 2 aromatic rings. The van der Waals surface area contributed by atoms with Crippen LogP contribution in [0.1, 0.15) is 146 Å². The number of anilines is 1. The topological polar surface area (TPSA) is 128 Å². The summed E-state index contributed by atoms with van der Waals surface area (Å²) < 4.78 is 34.3. The van der Waals surface area contributed by atoms with E-state index in [1.165, 1.54) is 5.56 Å². The lowest BCUT2D eigenvalue weighted by atomic mass is 9.83. The molecule has 0 spiro atoms. The summed E-state index contributed by atoms with van der Waals surface area (Å²) in [7, 11) is -4.52. The first-order valence-corrected chi connectivity index (χ1v) is 16.2. The summed E-state index contributed by atoms with van der Waals surface area (Å²) in [6.45, 7) is 23.4. The van der Waals surface area contributed by atoms with E-state index in [-0.39, 0.29) is 41.7 Å². The van der Waals surface area contributed by atoms with Gasteiger partial charge in [0.1, 0.15) is 0 Å². The van der Waals surface area contributed by atoms with E-state index in [0.717, 1.165) is 16.7 Å². The Morgan fingerprint density at radius 2 is 1.19 bits per heavy atom. The van der Waals surface area contributed by atoms with E-state index in [2.05, 4.69) is 63.7 Å². The monoisotopic (exact) mass is 601 g/mol. The zero-order valence-corrected chi connectivity index (χ0v) is 28.2. The van der Waals surface area contributed by atoms with Crippen LogP contribution >= 0.6 is 0 Å². The molecule has 0 aliphatic rings. The second-order valence-electron chi connectivity index (χ2n) is 13.4. The van der Waals surface area contributed by atoms with Crippen molar-refractivity contribution >= 4 is 27.8 Å². The first-order chi connectivity index (χ1) is 19.1. The van der Waals surface area contributed by atoms with E-state index in [4.69, 9.17) is 9.92 Å². The fourth-order valence-electron chi connectivity index (χ4n) is 4.77. The Balaban J connectivity index is 2.48. The maximum absolute atomic E-state index is 13.3. The summed E-state index contributed by atoms with van der Waals surface area (Å²) in [6.07, 6.45) is -0.0874. The van der Waals surface area contributed by atoms with Crippen LogP contribution < -0.4 is 20.0 Å². The van der Waals surface area contributed by atoms with Gasteiger partial charge in [0.05, 0.1) is 12.0 Å². The molecular formula is C33H51N3O5S. The summed E-state index contributed by atoms with van der Waals surface area (Å²) in [4.78, 5) is 25.8. The third kappa shape index (κ3) is 9.04. The van der Waals surface area contributed by atoms with Gasteiger partial charge in [0.15, 0.2) is 5.75 Å². The van der Waals surface area contributed by atoms with Crippen molar-refractivity contribution in [3.05, 3.63) is 57.6 Å². The van der Waals surface area contributed by atoms with E-state index in [0.29, 0.717) is 22.7 Å². The summed E-state index contributed by atoms with van der Waals surface area (Å²) in [6, 6.07) is 7.63. The molecule has 2 rings (SSSR count). The molecule has 234 valence electrons. The Labute approximate surface area is 253 Å². The number of benzene rings is 2. The van der Waals surface area contributed by atoms with Crippen molar-refractivity contribution in [2.24, 2.45) is 5.73 Å². The molecule has 2 aromatic carbocycles. The summed E-state index contributed by atoms with van der Waals surface area (Å²) in [5.74, 6) is -0.544. The van der Waals surface area contributed by atoms with Crippen LogP contribution in [0.25, 0.3) is 0 Å². The second kappa shape index (κ2) is 13.6. The molecule has 2 amide bonds. The van der Waals surface area contributed by atoms with E-state index in [9.17, 15) is 18.0 Å². The number of carbonyl (C=O) groups excluding carboxylic acids is 2. The smallest absolute Gasteiger partial charge is 0.366 e. The molecule has 0 unspecified atom stereocenters. The molecule has 0 atom stereocenters. The van der Waals surface area contributed by atoms with Crippen molar-refractivity contribution in [1.82, 2.24) is 4.72 Å². The average molecular weight is 602 g/mol. The van der Waals surface area contributed by atoms with Crippen molar-refractivity contribution < 1.29 is 22.2 Å². The first kappa shape index (κ1) is 35.3. The van der Waals surface area contributed by atoms with E-state index in [1.807, 2.05) is 27.7 Å².